The van der Waals surface area contributed by atoms with E-state index in [9.17, 15) is 4.79 Å². The van der Waals surface area contributed by atoms with Crippen LogP contribution in [0, 0.1) is 0 Å². The van der Waals surface area contributed by atoms with Crippen molar-refractivity contribution in [3.63, 3.8) is 0 Å². The SMILES string of the molecule is O=C(NCCCN1CCCCCC1)c1ccccc1-c1ncc(-c2ccccc2)o1. The summed E-state index contributed by atoms with van der Waals surface area (Å²) in [5.41, 5.74) is 2.27. The van der Waals surface area contributed by atoms with Gasteiger partial charge in [-0.15, -0.1) is 0 Å². The van der Waals surface area contributed by atoms with E-state index >= 15 is 0 Å². The molecular formula is C25H29N3O2. The molecule has 0 atom stereocenters. The number of amides is 1. The van der Waals surface area contributed by atoms with E-state index in [1.807, 2.05) is 54.6 Å². The first-order valence-corrected chi connectivity index (χ1v) is 10.9. The average Bonchev–Trinajstić information content (AvgIpc) is 3.14. The van der Waals surface area contributed by atoms with Gasteiger partial charge < -0.3 is 14.6 Å². The quantitative estimate of drug-likeness (QED) is 0.564. The van der Waals surface area contributed by atoms with Gasteiger partial charge in [-0.1, -0.05) is 55.3 Å². The van der Waals surface area contributed by atoms with Crippen LogP contribution >= 0.6 is 0 Å². The molecule has 156 valence electrons. The minimum absolute atomic E-state index is 0.0825. The molecule has 1 saturated heterocycles. The van der Waals surface area contributed by atoms with Gasteiger partial charge in [0.15, 0.2) is 5.76 Å². The summed E-state index contributed by atoms with van der Waals surface area (Å²) in [6.45, 7) is 4.09. The summed E-state index contributed by atoms with van der Waals surface area (Å²) in [7, 11) is 0. The second-order valence-electron chi connectivity index (χ2n) is 7.81. The van der Waals surface area contributed by atoms with Crippen LogP contribution in [0.1, 0.15) is 42.5 Å². The fourth-order valence-corrected chi connectivity index (χ4v) is 3.96. The van der Waals surface area contributed by atoms with Gasteiger partial charge >= 0.3 is 0 Å². The highest BCUT2D eigenvalue weighted by Gasteiger charge is 2.17. The van der Waals surface area contributed by atoms with Crippen molar-refractivity contribution < 1.29 is 9.21 Å². The number of likely N-dealkylation sites (tertiary alicyclic amines) is 1. The minimum atomic E-state index is -0.0825. The summed E-state index contributed by atoms with van der Waals surface area (Å²) in [4.78, 5) is 19.8. The van der Waals surface area contributed by atoms with Crippen molar-refractivity contribution in [1.29, 1.82) is 0 Å². The van der Waals surface area contributed by atoms with Crippen LogP contribution in [-0.2, 0) is 0 Å². The molecule has 30 heavy (non-hydrogen) atoms. The lowest BCUT2D eigenvalue weighted by Crippen LogP contribution is -2.30. The molecule has 1 aliphatic rings. The predicted octanol–water partition coefficient (Wildman–Crippen LogP) is 5.00. The fourth-order valence-electron chi connectivity index (χ4n) is 3.96. The molecule has 1 amide bonds. The highest BCUT2D eigenvalue weighted by molar-refractivity contribution is 6.00. The van der Waals surface area contributed by atoms with Crippen molar-refractivity contribution >= 4 is 5.91 Å². The molecule has 1 N–H and O–H groups in total. The number of nitrogens with one attached hydrogen (secondary N) is 1. The Bertz CT molecular complexity index is 944. The van der Waals surface area contributed by atoms with Crippen LogP contribution < -0.4 is 5.32 Å². The number of nitrogens with zero attached hydrogens (tertiary/aromatic N) is 2. The lowest BCUT2D eigenvalue weighted by molar-refractivity contribution is 0.0952. The fraction of sp³-hybridized carbons (Fsp3) is 0.360. The zero-order valence-corrected chi connectivity index (χ0v) is 17.3. The number of hydrogen-bond acceptors (Lipinski definition) is 4. The highest BCUT2D eigenvalue weighted by Crippen LogP contribution is 2.28. The first-order valence-electron chi connectivity index (χ1n) is 10.9. The Labute approximate surface area is 178 Å². The van der Waals surface area contributed by atoms with Crippen molar-refractivity contribution in [2.45, 2.75) is 32.1 Å². The van der Waals surface area contributed by atoms with Crippen LogP contribution in [0.15, 0.2) is 65.2 Å². The van der Waals surface area contributed by atoms with Crippen LogP contribution in [0.4, 0.5) is 0 Å². The van der Waals surface area contributed by atoms with Crippen molar-refractivity contribution in [2.75, 3.05) is 26.2 Å². The van der Waals surface area contributed by atoms with E-state index in [4.69, 9.17) is 4.42 Å². The Hall–Kier alpha value is -2.92. The second-order valence-corrected chi connectivity index (χ2v) is 7.81. The smallest absolute Gasteiger partial charge is 0.252 e. The van der Waals surface area contributed by atoms with E-state index in [-0.39, 0.29) is 5.91 Å². The molecule has 2 aromatic carbocycles. The molecule has 1 fully saturated rings. The van der Waals surface area contributed by atoms with E-state index in [1.165, 1.54) is 38.8 Å². The van der Waals surface area contributed by atoms with Gasteiger partial charge in [0, 0.05) is 17.7 Å². The van der Waals surface area contributed by atoms with Gasteiger partial charge in [0.25, 0.3) is 5.91 Å². The molecule has 3 aromatic rings. The number of carbonyl (C=O) groups excluding carboxylic acids is 1. The lowest BCUT2D eigenvalue weighted by Gasteiger charge is -2.19. The zero-order chi connectivity index (χ0) is 20.6. The molecule has 0 spiro atoms. The first-order chi connectivity index (χ1) is 14.8. The average molecular weight is 404 g/mol. The minimum Gasteiger partial charge on any atom is -0.436 e. The molecule has 0 bridgehead atoms. The Balaban J connectivity index is 1.38. The Morgan fingerprint density at radius 1 is 0.967 bits per heavy atom. The number of benzene rings is 2. The largest absolute Gasteiger partial charge is 0.436 e. The maximum Gasteiger partial charge on any atom is 0.252 e. The van der Waals surface area contributed by atoms with Crippen LogP contribution in [0.25, 0.3) is 22.8 Å². The van der Waals surface area contributed by atoms with Gasteiger partial charge in [0.1, 0.15) is 0 Å². The third-order valence-corrected chi connectivity index (χ3v) is 5.60. The summed E-state index contributed by atoms with van der Waals surface area (Å²) in [5.74, 6) is 1.07. The van der Waals surface area contributed by atoms with E-state index in [1.54, 1.807) is 6.20 Å². The maximum absolute atomic E-state index is 12.8. The number of aromatic nitrogens is 1. The number of hydrogen-bond donors (Lipinski definition) is 1. The predicted molar refractivity (Wildman–Crippen MR) is 119 cm³/mol. The molecule has 0 saturated carbocycles. The van der Waals surface area contributed by atoms with Crippen molar-refractivity contribution in [3.05, 3.63) is 66.4 Å². The van der Waals surface area contributed by atoms with Crippen LogP contribution in [0.2, 0.25) is 0 Å². The molecule has 0 radical (unpaired) electrons. The summed E-state index contributed by atoms with van der Waals surface area (Å²) in [5, 5.41) is 3.07. The monoisotopic (exact) mass is 403 g/mol. The summed E-state index contributed by atoms with van der Waals surface area (Å²) < 4.78 is 5.97. The molecular weight excluding hydrogens is 374 g/mol. The third kappa shape index (κ3) is 5.16. The van der Waals surface area contributed by atoms with E-state index in [0.29, 0.717) is 29.3 Å². The molecule has 0 aliphatic carbocycles. The van der Waals surface area contributed by atoms with E-state index < -0.39 is 0 Å². The third-order valence-electron chi connectivity index (χ3n) is 5.60. The van der Waals surface area contributed by atoms with Crippen LogP contribution in [0.5, 0.6) is 0 Å². The summed E-state index contributed by atoms with van der Waals surface area (Å²) in [6.07, 6.45) is 7.95. The van der Waals surface area contributed by atoms with E-state index in [0.717, 1.165) is 18.5 Å². The Kier molecular flexibility index (Phi) is 6.93. The number of oxazole rings is 1. The zero-order valence-electron chi connectivity index (χ0n) is 17.3. The Morgan fingerprint density at radius 2 is 1.70 bits per heavy atom. The molecule has 5 heteroatoms. The van der Waals surface area contributed by atoms with Crippen molar-refractivity contribution in [2.24, 2.45) is 0 Å². The number of carbonyl (C=O) groups is 1. The van der Waals surface area contributed by atoms with Crippen molar-refractivity contribution in [3.8, 4) is 22.8 Å². The molecule has 0 unspecified atom stereocenters. The maximum atomic E-state index is 12.8. The second kappa shape index (κ2) is 10.2. The van der Waals surface area contributed by atoms with E-state index in [2.05, 4.69) is 15.2 Å². The van der Waals surface area contributed by atoms with Gasteiger partial charge in [-0.3, -0.25) is 4.79 Å². The molecule has 5 nitrogen and oxygen atoms in total. The summed E-state index contributed by atoms with van der Waals surface area (Å²) in [6, 6.07) is 17.3. The van der Waals surface area contributed by atoms with Gasteiger partial charge in [-0.25, -0.2) is 4.98 Å². The summed E-state index contributed by atoms with van der Waals surface area (Å²) >= 11 is 0. The van der Waals surface area contributed by atoms with Gasteiger partial charge in [0.05, 0.1) is 11.8 Å². The molecule has 1 aliphatic heterocycles. The number of rotatable bonds is 7. The van der Waals surface area contributed by atoms with Crippen LogP contribution in [0.3, 0.4) is 0 Å². The Morgan fingerprint density at radius 3 is 2.50 bits per heavy atom. The first kappa shape index (κ1) is 20.4. The molecule has 1 aromatic heterocycles. The topological polar surface area (TPSA) is 58.4 Å². The molecule has 4 rings (SSSR count). The van der Waals surface area contributed by atoms with Crippen LogP contribution in [-0.4, -0.2) is 42.0 Å². The van der Waals surface area contributed by atoms with Gasteiger partial charge in [-0.05, 0) is 51.0 Å². The molecule has 2 heterocycles. The van der Waals surface area contributed by atoms with Crippen molar-refractivity contribution in [1.82, 2.24) is 15.2 Å². The normalized spacial score (nSPS) is 14.9. The highest BCUT2D eigenvalue weighted by atomic mass is 16.4. The standard InChI is InChI=1S/C25H29N3O2/c29-24(26-15-10-18-28-16-8-1-2-9-17-28)21-13-6-7-14-22(21)25-27-19-23(30-25)20-11-4-3-5-12-20/h3-7,11-14,19H,1-2,8-10,15-18H2,(H,26,29). The lowest BCUT2D eigenvalue weighted by atomic mass is 10.1. The van der Waals surface area contributed by atoms with Gasteiger partial charge in [-0.2, -0.15) is 0 Å². The van der Waals surface area contributed by atoms with Gasteiger partial charge in [0.2, 0.25) is 5.89 Å².